The minimum Gasteiger partial charge on any atom is -0.444 e. The third-order valence-corrected chi connectivity index (χ3v) is 8.87. The number of hydrogen-bond acceptors (Lipinski definition) is 9. The van der Waals surface area contributed by atoms with Gasteiger partial charge in [-0.25, -0.2) is 14.8 Å². The number of nitrogens with one attached hydrogen (secondary N) is 1. The number of aromatic nitrogens is 4. The van der Waals surface area contributed by atoms with Crippen molar-refractivity contribution >= 4 is 40.4 Å². The number of piperidine rings is 1. The fraction of sp³-hybridized carbons (Fsp3) is 0.433. The number of alkyl carbamates (subject to hydrolysis) is 1. The maximum Gasteiger partial charge on any atom is 0.407 e. The van der Waals surface area contributed by atoms with E-state index in [4.69, 9.17) is 14.5 Å². The highest BCUT2D eigenvalue weighted by molar-refractivity contribution is 7.99. The van der Waals surface area contributed by atoms with Crippen LogP contribution in [-0.2, 0) is 9.47 Å². The molecule has 2 saturated heterocycles. The molecule has 0 aliphatic carbocycles. The maximum atomic E-state index is 12.9. The molecule has 0 radical (unpaired) electrons. The van der Waals surface area contributed by atoms with Crippen molar-refractivity contribution in [3.05, 3.63) is 54.6 Å². The maximum absolute atomic E-state index is 12.9. The summed E-state index contributed by atoms with van der Waals surface area (Å²) in [4.78, 5) is 31.0. The zero-order valence-corrected chi connectivity index (χ0v) is 24.4. The second-order valence-electron chi connectivity index (χ2n) is 11.9. The zero-order chi connectivity index (χ0) is 28.8. The van der Waals surface area contributed by atoms with E-state index in [1.165, 1.54) is 0 Å². The summed E-state index contributed by atoms with van der Waals surface area (Å²) in [5.41, 5.74) is 1.28. The Labute approximate surface area is 243 Å². The molecule has 2 fully saturated rings. The van der Waals surface area contributed by atoms with Crippen molar-refractivity contribution in [2.45, 2.75) is 68.1 Å². The first kappa shape index (κ1) is 27.3. The quantitative estimate of drug-likeness (QED) is 0.353. The lowest BCUT2D eigenvalue weighted by Gasteiger charge is -2.45. The minimum atomic E-state index is -0.584. The summed E-state index contributed by atoms with van der Waals surface area (Å²) >= 11 is 1.55. The van der Waals surface area contributed by atoms with Crippen LogP contribution in [0.25, 0.3) is 16.6 Å². The van der Waals surface area contributed by atoms with Gasteiger partial charge in [0.05, 0.1) is 34.7 Å². The molecule has 41 heavy (non-hydrogen) atoms. The molecule has 5 heterocycles. The van der Waals surface area contributed by atoms with Gasteiger partial charge in [-0.05, 0) is 52.7 Å². The molecule has 1 amide bonds. The Kier molecular flexibility index (Phi) is 6.99. The summed E-state index contributed by atoms with van der Waals surface area (Å²) in [6.45, 7) is 9.66. The van der Waals surface area contributed by atoms with E-state index >= 15 is 0 Å². The van der Waals surface area contributed by atoms with E-state index in [1.807, 2.05) is 55.8 Å². The number of ether oxygens (including phenoxy) is 2. The SMILES string of the molecule is C[C@H]1CC2(CCN(c3ncc(Sc4ccnc5c(C#N)cccc45)c4nccn34)CC2NC(=O)OC(C)(C)C)CO1. The van der Waals surface area contributed by atoms with Crippen molar-refractivity contribution < 1.29 is 14.3 Å². The number of benzene rings is 1. The highest BCUT2D eigenvalue weighted by Crippen LogP contribution is 2.43. The molecule has 0 saturated carbocycles. The minimum absolute atomic E-state index is 0.146. The molecular weight excluding hydrogens is 538 g/mol. The number of carbonyl (C=O) groups excluding carboxylic acids is 1. The zero-order valence-electron chi connectivity index (χ0n) is 23.6. The van der Waals surface area contributed by atoms with Crippen LogP contribution >= 0.6 is 11.8 Å². The summed E-state index contributed by atoms with van der Waals surface area (Å²) in [6.07, 6.45) is 8.75. The third kappa shape index (κ3) is 5.29. The number of carbonyl (C=O) groups is 1. The lowest BCUT2D eigenvalue weighted by Crippen LogP contribution is -2.60. The van der Waals surface area contributed by atoms with E-state index in [0.717, 1.165) is 46.2 Å². The summed E-state index contributed by atoms with van der Waals surface area (Å²) in [5.74, 6) is 0.769. The molecular formula is C30H33N7O3S. The van der Waals surface area contributed by atoms with Crippen LogP contribution in [0.5, 0.6) is 0 Å². The third-order valence-electron chi connectivity index (χ3n) is 7.79. The van der Waals surface area contributed by atoms with Crippen molar-refractivity contribution in [1.29, 1.82) is 5.26 Å². The molecule has 4 aromatic rings. The van der Waals surface area contributed by atoms with E-state index in [2.05, 4.69) is 33.2 Å². The van der Waals surface area contributed by atoms with Gasteiger partial charge in [0.25, 0.3) is 0 Å². The van der Waals surface area contributed by atoms with Crippen molar-refractivity contribution in [3.8, 4) is 6.07 Å². The number of nitrogens with zero attached hydrogens (tertiary/aromatic N) is 6. The second kappa shape index (κ2) is 10.5. The number of amides is 1. The van der Waals surface area contributed by atoms with Crippen LogP contribution in [0.2, 0.25) is 0 Å². The van der Waals surface area contributed by atoms with Crippen LogP contribution in [0.3, 0.4) is 0 Å². The number of pyridine rings is 1. The van der Waals surface area contributed by atoms with Crippen molar-refractivity contribution in [1.82, 2.24) is 24.7 Å². The van der Waals surface area contributed by atoms with Crippen LogP contribution < -0.4 is 10.2 Å². The molecule has 2 unspecified atom stereocenters. The first-order valence-corrected chi connectivity index (χ1v) is 14.6. The van der Waals surface area contributed by atoms with E-state index in [1.54, 1.807) is 30.2 Å². The Morgan fingerprint density at radius 1 is 1.22 bits per heavy atom. The summed E-state index contributed by atoms with van der Waals surface area (Å²) in [6, 6.07) is 9.64. The molecule has 1 N–H and O–H groups in total. The Morgan fingerprint density at radius 2 is 2.07 bits per heavy atom. The van der Waals surface area contributed by atoms with Crippen LogP contribution in [0, 0.1) is 16.7 Å². The van der Waals surface area contributed by atoms with E-state index in [9.17, 15) is 10.1 Å². The van der Waals surface area contributed by atoms with Crippen molar-refractivity contribution in [3.63, 3.8) is 0 Å². The molecule has 1 aromatic carbocycles. The van der Waals surface area contributed by atoms with Crippen LogP contribution in [-0.4, -0.2) is 62.9 Å². The molecule has 6 rings (SSSR count). The Morgan fingerprint density at radius 3 is 2.83 bits per heavy atom. The summed E-state index contributed by atoms with van der Waals surface area (Å²) in [7, 11) is 0. The molecule has 0 bridgehead atoms. The highest BCUT2D eigenvalue weighted by atomic mass is 32.2. The highest BCUT2D eigenvalue weighted by Gasteiger charge is 2.49. The number of anilines is 1. The molecule has 1 spiro atoms. The topological polar surface area (TPSA) is 118 Å². The Bertz CT molecular complexity index is 1660. The van der Waals surface area contributed by atoms with Gasteiger partial charge < -0.3 is 19.7 Å². The summed E-state index contributed by atoms with van der Waals surface area (Å²) in [5, 5.41) is 13.6. The van der Waals surface area contributed by atoms with Crippen molar-refractivity contribution in [2.24, 2.45) is 5.41 Å². The van der Waals surface area contributed by atoms with E-state index < -0.39 is 11.7 Å². The fourth-order valence-electron chi connectivity index (χ4n) is 5.92. The predicted molar refractivity (Wildman–Crippen MR) is 156 cm³/mol. The molecule has 11 heteroatoms. The molecule has 2 aliphatic heterocycles. The lowest BCUT2D eigenvalue weighted by atomic mass is 9.73. The van der Waals surface area contributed by atoms with Gasteiger partial charge in [0.1, 0.15) is 11.7 Å². The van der Waals surface area contributed by atoms with Crippen LogP contribution in [0.15, 0.2) is 58.8 Å². The average molecular weight is 572 g/mol. The first-order chi connectivity index (χ1) is 19.7. The average Bonchev–Trinajstić information content (AvgIpc) is 3.57. The number of hydrogen-bond donors (Lipinski definition) is 1. The normalized spacial score (nSPS) is 22.8. The van der Waals surface area contributed by atoms with E-state index in [0.29, 0.717) is 24.2 Å². The molecule has 3 atom stereocenters. The standard InChI is InChI=1S/C30H33N7O3S/c1-19-14-30(18-39-19)9-12-36(17-24(30)35-28(38)40-29(2,3)4)27-34-16-23(26-33-11-13-37(26)27)41-22-8-10-32-25-20(15-31)6-5-7-21(22)25/h5-8,10-11,13,16,19,24H,9,12,14,17-18H2,1-4H3,(H,35,38)/t19-,24?,30?/m0/s1. The monoisotopic (exact) mass is 571 g/mol. The predicted octanol–water partition coefficient (Wildman–Crippen LogP) is 5.20. The molecule has 2 aliphatic rings. The van der Waals surface area contributed by atoms with Gasteiger partial charge in [0.15, 0.2) is 5.65 Å². The molecule has 10 nitrogen and oxygen atoms in total. The Hall–Kier alpha value is -3.88. The fourth-order valence-corrected chi connectivity index (χ4v) is 6.91. The number of nitriles is 1. The smallest absolute Gasteiger partial charge is 0.407 e. The van der Waals surface area contributed by atoms with Gasteiger partial charge in [-0.3, -0.25) is 9.38 Å². The van der Waals surface area contributed by atoms with Gasteiger partial charge in [-0.15, -0.1) is 0 Å². The molecule has 212 valence electrons. The van der Waals surface area contributed by atoms with Crippen LogP contribution in [0.1, 0.15) is 46.1 Å². The Balaban J connectivity index is 1.30. The lowest BCUT2D eigenvalue weighted by molar-refractivity contribution is 0.0385. The first-order valence-electron chi connectivity index (χ1n) is 13.8. The second-order valence-corrected chi connectivity index (χ2v) is 12.9. The molecule has 3 aromatic heterocycles. The van der Waals surface area contributed by atoms with Gasteiger partial charge in [0, 0.05) is 53.6 Å². The van der Waals surface area contributed by atoms with E-state index in [-0.39, 0.29) is 17.6 Å². The number of para-hydroxylation sites is 1. The van der Waals surface area contributed by atoms with Gasteiger partial charge >= 0.3 is 6.09 Å². The summed E-state index contributed by atoms with van der Waals surface area (Å²) < 4.78 is 13.6. The number of fused-ring (bicyclic) bond motifs is 2. The number of rotatable bonds is 4. The van der Waals surface area contributed by atoms with Crippen molar-refractivity contribution in [2.75, 3.05) is 24.6 Å². The van der Waals surface area contributed by atoms with Gasteiger partial charge in [-0.1, -0.05) is 23.9 Å². The van der Waals surface area contributed by atoms with Gasteiger partial charge in [-0.2, -0.15) is 5.26 Å². The largest absolute Gasteiger partial charge is 0.444 e. The number of imidazole rings is 1. The van der Waals surface area contributed by atoms with Gasteiger partial charge in [0.2, 0.25) is 5.95 Å². The van der Waals surface area contributed by atoms with Crippen LogP contribution in [0.4, 0.5) is 10.7 Å².